The summed E-state index contributed by atoms with van der Waals surface area (Å²) < 4.78 is 4.85. The number of nitrogens with zero attached hydrogens (tertiary/aromatic N) is 1. The van der Waals surface area contributed by atoms with E-state index in [2.05, 4.69) is 0 Å². The number of hydrogen-bond donors (Lipinski definition) is 1. The summed E-state index contributed by atoms with van der Waals surface area (Å²) in [4.78, 5) is 13.5. The van der Waals surface area contributed by atoms with Crippen LogP contribution in [0.5, 0.6) is 0 Å². The van der Waals surface area contributed by atoms with Crippen LogP contribution in [0.15, 0.2) is 16.7 Å². The number of aliphatic hydroxyl groups excluding tert-OH is 1. The summed E-state index contributed by atoms with van der Waals surface area (Å²) >= 11 is 5.71. The smallest absolute Gasteiger partial charge is 0.259 e. The number of rotatable bonds is 4. The van der Waals surface area contributed by atoms with E-state index in [4.69, 9.17) is 21.1 Å². The van der Waals surface area contributed by atoms with Crippen molar-refractivity contribution in [1.82, 2.24) is 4.90 Å². The number of halogens is 1. The molecular formula is C10H14ClNO3. The van der Waals surface area contributed by atoms with Gasteiger partial charge >= 0.3 is 0 Å². The van der Waals surface area contributed by atoms with Gasteiger partial charge in [-0.3, -0.25) is 4.79 Å². The highest BCUT2D eigenvalue weighted by atomic mass is 35.5. The lowest BCUT2D eigenvalue weighted by Gasteiger charge is -2.25. The van der Waals surface area contributed by atoms with Crippen LogP contribution in [0.3, 0.4) is 0 Å². The molecule has 1 heterocycles. The highest BCUT2D eigenvalue weighted by molar-refractivity contribution is 6.32. The topological polar surface area (TPSA) is 53.7 Å². The second-order valence-electron chi connectivity index (χ2n) is 3.42. The van der Waals surface area contributed by atoms with Crippen molar-refractivity contribution in [2.45, 2.75) is 19.9 Å². The second kappa shape index (κ2) is 5.19. The van der Waals surface area contributed by atoms with Gasteiger partial charge < -0.3 is 14.4 Å². The fourth-order valence-corrected chi connectivity index (χ4v) is 1.50. The molecule has 0 fully saturated rings. The van der Waals surface area contributed by atoms with Gasteiger partial charge in [0.05, 0.1) is 18.4 Å². The average Bonchev–Trinajstić information content (AvgIpc) is 2.59. The fraction of sp³-hybridized carbons (Fsp3) is 0.500. The van der Waals surface area contributed by atoms with E-state index in [0.717, 1.165) is 0 Å². The molecule has 0 saturated carbocycles. The van der Waals surface area contributed by atoms with Gasteiger partial charge in [-0.1, -0.05) is 0 Å². The van der Waals surface area contributed by atoms with Gasteiger partial charge in [-0.25, -0.2) is 0 Å². The number of carbonyl (C=O) groups excluding carboxylic acids is 1. The maximum absolute atomic E-state index is 11.9. The average molecular weight is 232 g/mol. The van der Waals surface area contributed by atoms with Crippen molar-refractivity contribution in [1.29, 1.82) is 0 Å². The van der Waals surface area contributed by atoms with E-state index in [-0.39, 0.29) is 30.3 Å². The Morgan fingerprint density at radius 2 is 2.33 bits per heavy atom. The predicted molar refractivity (Wildman–Crippen MR) is 57.0 cm³/mol. The minimum Gasteiger partial charge on any atom is -0.452 e. The number of hydrogen-bond acceptors (Lipinski definition) is 3. The van der Waals surface area contributed by atoms with Crippen molar-refractivity contribution in [2.24, 2.45) is 0 Å². The van der Waals surface area contributed by atoms with Crippen LogP contribution in [0.25, 0.3) is 0 Å². The summed E-state index contributed by atoms with van der Waals surface area (Å²) in [7, 11) is 0. The Labute approximate surface area is 93.4 Å². The standard InChI is InChI=1S/C10H14ClNO3/c1-7(2)12(4-5-13)10(14)8-3-6-15-9(8)11/h3,6-7,13H,4-5H2,1-2H3. The van der Waals surface area contributed by atoms with E-state index in [9.17, 15) is 4.79 Å². The SMILES string of the molecule is CC(C)N(CCO)C(=O)c1ccoc1Cl. The minimum atomic E-state index is -0.224. The zero-order chi connectivity index (χ0) is 11.4. The van der Waals surface area contributed by atoms with Crippen LogP contribution in [0.2, 0.25) is 5.22 Å². The number of aliphatic hydroxyl groups is 1. The summed E-state index contributed by atoms with van der Waals surface area (Å²) in [5, 5.41) is 8.94. The second-order valence-corrected chi connectivity index (χ2v) is 3.77. The van der Waals surface area contributed by atoms with Crippen molar-refractivity contribution < 1.29 is 14.3 Å². The molecule has 1 amide bonds. The van der Waals surface area contributed by atoms with Crippen LogP contribution in [0, 0.1) is 0 Å². The number of furan rings is 1. The molecule has 0 atom stereocenters. The van der Waals surface area contributed by atoms with Crippen LogP contribution in [-0.4, -0.2) is 35.1 Å². The molecule has 84 valence electrons. The predicted octanol–water partition coefficient (Wildman–Crippen LogP) is 1.78. The van der Waals surface area contributed by atoms with Crippen molar-refractivity contribution >= 4 is 17.5 Å². The van der Waals surface area contributed by atoms with E-state index >= 15 is 0 Å². The Morgan fingerprint density at radius 3 is 2.73 bits per heavy atom. The Morgan fingerprint density at radius 1 is 1.67 bits per heavy atom. The molecule has 0 saturated heterocycles. The van der Waals surface area contributed by atoms with E-state index < -0.39 is 0 Å². The number of carbonyl (C=O) groups is 1. The van der Waals surface area contributed by atoms with Gasteiger partial charge in [0.15, 0.2) is 0 Å². The van der Waals surface area contributed by atoms with Gasteiger partial charge in [0.2, 0.25) is 5.22 Å². The molecule has 0 aromatic carbocycles. The first-order chi connectivity index (χ1) is 7.07. The van der Waals surface area contributed by atoms with Crippen molar-refractivity contribution in [2.75, 3.05) is 13.2 Å². The molecule has 0 unspecified atom stereocenters. The van der Waals surface area contributed by atoms with Gasteiger partial charge in [0.25, 0.3) is 5.91 Å². The molecule has 1 N–H and O–H groups in total. The lowest BCUT2D eigenvalue weighted by Crippen LogP contribution is -2.38. The van der Waals surface area contributed by atoms with Gasteiger partial charge in [0.1, 0.15) is 0 Å². The summed E-state index contributed by atoms with van der Waals surface area (Å²) in [6, 6.07) is 1.54. The van der Waals surface area contributed by atoms with Gasteiger partial charge in [-0.15, -0.1) is 0 Å². The molecular weight excluding hydrogens is 218 g/mol. The lowest BCUT2D eigenvalue weighted by atomic mass is 10.2. The van der Waals surface area contributed by atoms with Crippen molar-refractivity contribution in [3.8, 4) is 0 Å². The normalized spacial score (nSPS) is 10.7. The third-order valence-corrected chi connectivity index (χ3v) is 2.37. The van der Waals surface area contributed by atoms with Crippen LogP contribution in [0.1, 0.15) is 24.2 Å². The molecule has 0 spiro atoms. The highest BCUT2D eigenvalue weighted by Crippen LogP contribution is 2.19. The zero-order valence-electron chi connectivity index (χ0n) is 8.74. The zero-order valence-corrected chi connectivity index (χ0v) is 9.49. The van der Waals surface area contributed by atoms with Crippen LogP contribution >= 0.6 is 11.6 Å². The Balaban J connectivity index is 2.86. The van der Waals surface area contributed by atoms with Gasteiger partial charge in [0, 0.05) is 12.6 Å². The summed E-state index contributed by atoms with van der Waals surface area (Å²) in [6.45, 7) is 3.97. The quantitative estimate of drug-likeness (QED) is 0.860. The van der Waals surface area contributed by atoms with Crippen molar-refractivity contribution in [3.63, 3.8) is 0 Å². The fourth-order valence-electron chi connectivity index (χ4n) is 1.30. The maximum Gasteiger partial charge on any atom is 0.259 e. The molecule has 0 bridgehead atoms. The van der Waals surface area contributed by atoms with E-state index in [0.29, 0.717) is 5.56 Å². The van der Waals surface area contributed by atoms with Crippen LogP contribution in [-0.2, 0) is 0 Å². The number of amides is 1. The summed E-state index contributed by atoms with van der Waals surface area (Å²) in [5.74, 6) is -0.224. The molecule has 5 heteroatoms. The molecule has 0 radical (unpaired) electrons. The molecule has 0 aliphatic carbocycles. The Bertz CT molecular complexity index is 335. The third-order valence-electron chi connectivity index (χ3n) is 2.07. The lowest BCUT2D eigenvalue weighted by molar-refractivity contribution is 0.0665. The Hall–Kier alpha value is -1.00. The highest BCUT2D eigenvalue weighted by Gasteiger charge is 2.21. The maximum atomic E-state index is 11.9. The molecule has 1 aromatic heterocycles. The van der Waals surface area contributed by atoms with Gasteiger partial charge in [-0.05, 0) is 31.5 Å². The van der Waals surface area contributed by atoms with Crippen LogP contribution < -0.4 is 0 Å². The molecule has 0 aliphatic heterocycles. The Kier molecular flexibility index (Phi) is 4.17. The van der Waals surface area contributed by atoms with E-state index in [1.165, 1.54) is 17.2 Å². The third kappa shape index (κ3) is 2.73. The largest absolute Gasteiger partial charge is 0.452 e. The minimum absolute atomic E-state index is 0.00983. The van der Waals surface area contributed by atoms with E-state index in [1.54, 1.807) is 0 Å². The summed E-state index contributed by atoms with van der Waals surface area (Å²) in [5.41, 5.74) is 0.332. The van der Waals surface area contributed by atoms with Crippen molar-refractivity contribution in [3.05, 3.63) is 23.1 Å². The first kappa shape index (κ1) is 12.1. The molecule has 1 aromatic rings. The molecule has 1 rings (SSSR count). The van der Waals surface area contributed by atoms with Crippen LogP contribution in [0.4, 0.5) is 0 Å². The molecule has 0 aliphatic rings. The molecule has 15 heavy (non-hydrogen) atoms. The summed E-state index contributed by atoms with van der Waals surface area (Å²) in [6.07, 6.45) is 1.37. The van der Waals surface area contributed by atoms with E-state index in [1.807, 2.05) is 13.8 Å². The molecule has 4 nitrogen and oxygen atoms in total. The van der Waals surface area contributed by atoms with Gasteiger partial charge in [-0.2, -0.15) is 0 Å². The first-order valence-electron chi connectivity index (χ1n) is 4.72. The first-order valence-corrected chi connectivity index (χ1v) is 5.10. The monoisotopic (exact) mass is 231 g/mol.